The number of rotatable bonds is 8. The van der Waals surface area contributed by atoms with Crippen molar-refractivity contribution in [2.24, 2.45) is 9.98 Å². The number of hydrogen-bond acceptors (Lipinski definition) is 7. The van der Waals surface area contributed by atoms with Gasteiger partial charge >= 0.3 is 6.03 Å². The molecule has 4 unspecified atom stereocenters. The molecule has 2 aliphatic rings. The number of amides is 3. The molecule has 2 aromatic rings. The van der Waals surface area contributed by atoms with Gasteiger partial charge in [-0.1, -0.05) is 24.3 Å². The molecular weight excluding hydrogens is 450 g/mol. The molecule has 184 valence electrons. The zero-order valence-electron chi connectivity index (χ0n) is 20.4. The lowest BCUT2D eigenvalue weighted by atomic mass is 9.94. The summed E-state index contributed by atoms with van der Waals surface area (Å²) in [4.78, 5) is 35.7. The van der Waals surface area contributed by atoms with Gasteiger partial charge in [0.05, 0.1) is 21.3 Å². The topological polar surface area (TPSA) is 106 Å². The van der Waals surface area contributed by atoms with E-state index in [0.717, 1.165) is 38.1 Å². The van der Waals surface area contributed by atoms with Crippen LogP contribution in [0.2, 0.25) is 0 Å². The third-order valence-electron chi connectivity index (χ3n) is 6.40. The maximum absolute atomic E-state index is 12.4. The summed E-state index contributed by atoms with van der Waals surface area (Å²) >= 11 is 0. The molecule has 0 spiro atoms. The standard InChI is InChI=1S/C25H29N5O5/c1-29-19(14-15-6-10-17(33-3)11-7-15)20(21(35-5)16-8-12-18(34-4)13-9-16)26-24(29)27-22-23(31)30(2)25(32)28-22/h6-13,19,21,24H,14H2,1-5H3,(H,27,28,32)/p+1. The smallest absolute Gasteiger partial charge is 0.329 e. The summed E-state index contributed by atoms with van der Waals surface area (Å²) in [7, 11) is 8.29. The quantitative estimate of drug-likeness (QED) is 0.545. The van der Waals surface area contributed by atoms with Crippen molar-refractivity contribution in [1.82, 2.24) is 10.2 Å². The van der Waals surface area contributed by atoms with Crippen LogP contribution in [0.4, 0.5) is 4.79 Å². The first-order valence-electron chi connectivity index (χ1n) is 11.2. The Balaban J connectivity index is 1.69. The fourth-order valence-electron chi connectivity index (χ4n) is 4.30. The number of hydrogen-bond donors (Lipinski definition) is 2. The SMILES string of the molecule is COc1ccc(CC2C(C(OC)c3ccc(OC)cc3)=NC(N=C3NC(=O)N(C)C3=O)[NH+]2C)cc1. The lowest BCUT2D eigenvalue weighted by Gasteiger charge is -2.24. The van der Waals surface area contributed by atoms with Crippen molar-refractivity contribution in [3.05, 3.63) is 59.7 Å². The minimum atomic E-state index is -0.616. The predicted molar refractivity (Wildman–Crippen MR) is 130 cm³/mol. The second kappa shape index (κ2) is 10.2. The molecule has 0 bridgehead atoms. The summed E-state index contributed by atoms with van der Waals surface area (Å²) in [6.07, 6.45) is -0.359. The number of amidine groups is 1. The molecule has 3 amide bonds. The van der Waals surface area contributed by atoms with Gasteiger partial charge in [-0.05, 0) is 35.4 Å². The van der Waals surface area contributed by atoms with Crippen LogP contribution in [-0.2, 0) is 16.0 Å². The largest absolute Gasteiger partial charge is 0.497 e. The highest BCUT2D eigenvalue weighted by Crippen LogP contribution is 2.26. The first-order valence-corrected chi connectivity index (χ1v) is 11.2. The Morgan fingerprint density at radius 1 is 1.03 bits per heavy atom. The van der Waals surface area contributed by atoms with E-state index in [4.69, 9.17) is 19.2 Å². The molecule has 4 rings (SSSR count). The lowest BCUT2D eigenvalue weighted by molar-refractivity contribution is -0.912. The number of carbonyl (C=O) groups is 2. The fraction of sp³-hybridized carbons (Fsp3) is 0.360. The van der Waals surface area contributed by atoms with Crippen LogP contribution in [0.15, 0.2) is 58.5 Å². The Bertz CT molecular complexity index is 1150. The molecule has 2 aromatic carbocycles. The van der Waals surface area contributed by atoms with E-state index in [2.05, 4.69) is 10.3 Å². The van der Waals surface area contributed by atoms with E-state index in [1.54, 1.807) is 21.3 Å². The molecule has 10 heteroatoms. The number of nitrogens with zero attached hydrogens (tertiary/aromatic N) is 3. The number of ether oxygens (including phenoxy) is 3. The van der Waals surface area contributed by atoms with E-state index in [9.17, 15) is 9.59 Å². The molecular formula is C25H30N5O5+. The molecule has 2 aliphatic heterocycles. The summed E-state index contributed by atoms with van der Waals surface area (Å²) in [5, 5.41) is 2.53. The monoisotopic (exact) mass is 480 g/mol. The number of aliphatic imine (C=N–C) groups is 2. The van der Waals surface area contributed by atoms with Gasteiger partial charge in [0.25, 0.3) is 12.2 Å². The van der Waals surface area contributed by atoms with Gasteiger partial charge in [-0.15, -0.1) is 0 Å². The summed E-state index contributed by atoms with van der Waals surface area (Å²) in [6, 6.07) is 15.0. The first-order chi connectivity index (χ1) is 16.9. The average Bonchev–Trinajstić information content (AvgIpc) is 3.31. The van der Waals surface area contributed by atoms with E-state index in [-0.39, 0.29) is 11.9 Å². The van der Waals surface area contributed by atoms with Crippen LogP contribution in [0.5, 0.6) is 11.5 Å². The molecule has 10 nitrogen and oxygen atoms in total. The van der Waals surface area contributed by atoms with Crippen LogP contribution >= 0.6 is 0 Å². The summed E-state index contributed by atoms with van der Waals surface area (Å²) in [5.74, 6) is 1.05. The van der Waals surface area contributed by atoms with Crippen molar-refractivity contribution >= 4 is 23.5 Å². The zero-order valence-corrected chi connectivity index (χ0v) is 20.4. The molecule has 2 heterocycles. The number of urea groups is 1. The fourth-order valence-corrected chi connectivity index (χ4v) is 4.30. The van der Waals surface area contributed by atoms with Crippen molar-refractivity contribution in [3.63, 3.8) is 0 Å². The van der Waals surface area contributed by atoms with E-state index in [1.807, 2.05) is 55.6 Å². The molecule has 0 aliphatic carbocycles. The van der Waals surface area contributed by atoms with Gasteiger partial charge < -0.3 is 14.2 Å². The minimum Gasteiger partial charge on any atom is -0.497 e. The van der Waals surface area contributed by atoms with Gasteiger partial charge in [-0.2, -0.15) is 4.99 Å². The van der Waals surface area contributed by atoms with Crippen LogP contribution in [0.3, 0.4) is 0 Å². The second-order valence-corrected chi connectivity index (χ2v) is 8.44. The second-order valence-electron chi connectivity index (χ2n) is 8.44. The number of likely N-dealkylation sites (N-methyl/N-ethyl adjacent to an activating group) is 2. The zero-order chi connectivity index (χ0) is 25.1. The van der Waals surface area contributed by atoms with E-state index < -0.39 is 24.3 Å². The van der Waals surface area contributed by atoms with Gasteiger partial charge in [0.15, 0.2) is 0 Å². The van der Waals surface area contributed by atoms with Crippen LogP contribution in [0.25, 0.3) is 0 Å². The molecule has 0 aromatic heterocycles. The highest BCUT2D eigenvalue weighted by Gasteiger charge is 2.43. The van der Waals surface area contributed by atoms with Gasteiger partial charge in [-0.3, -0.25) is 19.9 Å². The van der Waals surface area contributed by atoms with Crippen molar-refractivity contribution in [2.45, 2.75) is 24.9 Å². The number of nitrogens with one attached hydrogen (secondary N) is 2. The maximum Gasteiger partial charge on any atom is 0.329 e. The number of benzene rings is 2. The van der Waals surface area contributed by atoms with Gasteiger partial charge in [0.2, 0.25) is 5.84 Å². The Kier molecular flexibility index (Phi) is 7.13. The molecule has 0 radical (unpaired) electrons. The summed E-state index contributed by atoms with van der Waals surface area (Å²) in [6.45, 7) is 0. The van der Waals surface area contributed by atoms with Crippen LogP contribution in [0, 0.1) is 0 Å². The van der Waals surface area contributed by atoms with Gasteiger partial charge in [0.1, 0.15) is 29.4 Å². The Labute approximate surface area is 204 Å². The van der Waals surface area contributed by atoms with Crippen molar-refractivity contribution in [2.75, 3.05) is 35.4 Å². The van der Waals surface area contributed by atoms with E-state index in [1.165, 1.54) is 7.05 Å². The number of quaternary nitrogens is 1. The Hall–Kier alpha value is -3.76. The molecule has 2 N–H and O–H groups in total. The first kappa shape index (κ1) is 24.4. The summed E-state index contributed by atoms with van der Waals surface area (Å²) < 4.78 is 16.5. The molecule has 4 atom stereocenters. The lowest BCUT2D eigenvalue weighted by Crippen LogP contribution is -3.15. The van der Waals surface area contributed by atoms with Crippen molar-refractivity contribution < 1.29 is 28.7 Å². The van der Waals surface area contributed by atoms with Gasteiger partial charge in [-0.25, -0.2) is 9.79 Å². The molecule has 1 fully saturated rings. The Morgan fingerprint density at radius 3 is 2.14 bits per heavy atom. The average molecular weight is 481 g/mol. The van der Waals surface area contributed by atoms with Crippen LogP contribution in [0.1, 0.15) is 17.2 Å². The third kappa shape index (κ3) is 4.89. The van der Waals surface area contributed by atoms with E-state index >= 15 is 0 Å². The predicted octanol–water partition coefficient (Wildman–Crippen LogP) is 0.836. The van der Waals surface area contributed by atoms with Gasteiger partial charge in [0, 0.05) is 20.6 Å². The molecule has 35 heavy (non-hydrogen) atoms. The maximum atomic E-state index is 12.4. The third-order valence-corrected chi connectivity index (χ3v) is 6.40. The number of imide groups is 1. The normalized spacial score (nSPS) is 23.9. The van der Waals surface area contributed by atoms with Crippen LogP contribution in [-0.4, -0.2) is 76.1 Å². The highest BCUT2D eigenvalue weighted by molar-refractivity contribution is 6.47. The Morgan fingerprint density at radius 2 is 1.63 bits per heavy atom. The number of methoxy groups -OCH3 is 3. The van der Waals surface area contributed by atoms with Crippen molar-refractivity contribution in [3.8, 4) is 11.5 Å². The minimum absolute atomic E-state index is 0.00605. The summed E-state index contributed by atoms with van der Waals surface area (Å²) in [5.41, 5.74) is 2.84. The number of carbonyl (C=O) groups excluding carboxylic acids is 2. The molecule has 1 saturated heterocycles. The molecule has 0 saturated carbocycles. The van der Waals surface area contributed by atoms with Crippen LogP contribution < -0.4 is 19.7 Å². The highest BCUT2D eigenvalue weighted by atomic mass is 16.5. The van der Waals surface area contributed by atoms with E-state index in [0.29, 0.717) is 6.42 Å². The van der Waals surface area contributed by atoms with Crippen molar-refractivity contribution in [1.29, 1.82) is 0 Å².